The van der Waals surface area contributed by atoms with E-state index < -0.39 is 17.9 Å². The molecule has 0 saturated heterocycles. The largest absolute Gasteiger partial charge is 1.00 e. The van der Waals surface area contributed by atoms with Gasteiger partial charge in [-0.3, -0.25) is 4.79 Å². The van der Waals surface area contributed by atoms with Crippen molar-refractivity contribution in [3.8, 4) is 22.3 Å². The predicted molar refractivity (Wildman–Crippen MR) is 154 cm³/mol. The Morgan fingerprint density at radius 3 is 2.45 bits per heavy atom. The van der Waals surface area contributed by atoms with Crippen LogP contribution in [0.5, 0.6) is 0 Å². The van der Waals surface area contributed by atoms with E-state index in [0.29, 0.717) is 34.3 Å². The summed E-state index contributed by atoms with van der Waals surface area (Å²) in [7, 11) is 0. The van der Waals surface area contributed by atoms with Crippen molar-refractivity contribution in [3.63, 3.8) is 0 Å². The molecular weight excluding hydrogens is 541 g/mol. The number of halogens is 1. The molecule has 0 aliphatic rings. The summed E-state index contributed by atoms with van der Waals surface area (Å²) in [4.78, 5) is 24.8. The number of carboxylic acids is 1. The van der Waals surface area contributed by atoms with E-state index in [1.54, 1.807) is 12.3 Å². The molecule has 0 aliphatic carbocycles. The van der Waals surface area contributed by atoms with Crippen molar-refractivity contribution in [1.29, 1.82) is 0 Å². The Morgan fingerprint density at radius 2 is 1.75 bits per heavy atom. The molecular formula is C31H29ClLiNO5S. The van der Waals surface area contributed by atoms with Gasteiger partial charge < -0.3 is 24.4 Å². The fourth-order valence-electron chi connectivity index (χ4n) is 4.22. The number of rotatable bonds is 12. The van der Waals surface area contributed by atoms with Crippen molar-refractivity contribution in [2.45, 2.75) is 32.6 Å². The average Bonchev–Trinajstić information content (AvgIpc) is 3.40. The van der Waals surface area contributed by atoms with Crippen molar-refractivity contribution in [3.05, 3.63) is 107 Å². The Bertz CT molecular complexity index is 1440. The van der Waals surface area contributed by atoms with E-state index in [4.69, 9.17) is 20.8 Å². The Balaban J connectivity index is 0.00000441. The van der Waals surface area contributed by atoms with Crippen LogP contribution in [0.1, 0.15) is 33.7 Å². The van der Waals surface area contributed by atoms with E-state index in [1.807, 2.05) is 79.9 Å². The van der Waals surface area contributed by atoms with Gasteiger partial charge in [0.2, 0.25) is 0 Å². The molecule has 9 heteroatoms. The molecule has 1 atom stereocenters. The minimum absolute atomic E-state index is 0. The van der Waals surface area contributed by atoms with Crippen LogP contribution in [0.3, 0.4) is 0 Å². The number of furan rings is 1. The number of hydrogen-bond acceptors (Lipinski definition) is 6. The number of carbonyl (C=O) groups is 2. The first kappa shape index (κ1) is 31.6. The van der Waals surface area contributed by atoms with Crippen molar-refractivity contribution >= 4 is 35.2 Å². The number of nitrogens with one attached hydrogen (secondary N) is 1. The summed E-state index contributed by atoms with van der Waals surface area (Å²) < 4.78 is 11.6. The second-order valence-electron chi connectivity index (χ2n) is 9.12. The number of carbonyl (C=O) groups excluding carboxylic acids is 2. The third-order valence-corrected chi connectivity index (χ3v) is 7.20. The first-order valence-electron chi connectivity index (χ1n) is 12.5. The minimum atomic E-state index is -1.29. The van der Waals surface area contributed by atoms with Crippen LogP contribution in [-0.2, 0) is 22.7 Å². The van der Waals surface area contributed by atoms with Gasteiger partial charge in [-0.2, -0.15) is 11.8 Å². The molecule has 0 radical (unpaired) electrons. The van der Waals surface area contributed by atoms with Gasteiger partial charge in [-0.1, -0.05) is 54.1 Å². The molecule has 40 heavy (non-hydrogen) atoms. The van der Waals surface area contributed by atoms with Gasteiger partial charge >= 0.3 is 18.9 Å². The van der Waals surface area contributed by atoms with Gasteiger partial charge in [0.25, 0.3) is 5.91 Å². The maximum absolute atomic E-state index is 13.2. The summed E-state index contributed by atoms with van der Waals surface area (Å²) in [5.74, 6) is -0.469. The zero-order valence-electron chi connectivity index (χ0n) is 22.7. The van der Waals surface area contributed by atoms with E-state index in [-0.39, 0.29) is 31.9 Å². The summed E-state index contributed by atoms with van der Waals surface area (Å²) in [6.45, 7) is 2.54. The van der Waals surface area contributed by atoms with E-state index in [2.05, 4.69) is 5.32 Å². The first-order chi connectivity index (χ1) is 18.9. The zero-order valence-corrected chi connectivity index (χ0v) is 24.3. The molecule has 4 rings (SSSR count). The van der Waals surface area contributed by atoms with Gasteiger partial charge in [-0.15, -0.1) is 0 Å². The topological polar surface area (TPSA) is 91.6 Å². The molecule has 0 saturated carbocycles. The Labute approximate surface area is 255 Å². The van der Waals surface area contributed by atoms with E-state index in [9.17, 15) is 14.7 Å². The summed E-state index contributed by atoms with van der Waals surface area (Å²) >= 11 is 7.49. The standard InChI is InChI=1S/C31H30ClNO5S.Li/c1-20-5-3-4-6-26(20)28-15-21(7-12-27(28)30(34)33-29(31(35)36)13-14-39-2)17-37-19-25-16-23(18-38-25)22-8-10-24(32)11-9-22;/h3-12,15-16,18,29H,13-14,17,19H2,1-2H3,(H,33,34)(H,35,36);/q;+1/p-1/t29-;/m0./s1. The fourth-order valence-corrected chi connectivity index (χ4v) is 4.81. The SMILES string of the molecule is CSCC[C@H](NC(=O)c1ccc(COCc2cc(-c3ccc(Cl)cc3)co2)cc1-c1ccccc1C)C(=O)[O-].[Li+]. The van der Waals surface area contributed by atoms with Crippen molar-refractivity contribution in [2.75, 3.05) is 12.0 Å². The maximum Gasteiger partial charge on any atom is 1.00 e. The van der Waals surface area contributed by atoms with Gasteiger partial charge in [0.05, 0.1) is 24.9 Å². The molecule has 0 fully saturated rings. The minimum Gasteiger partial charge on any atom is -0.548 e. The zero-order chi connectivity index (χ0) is 27.8. The number of carboxylic acid groups (broad SMARTS) is 1. The number of aliphatic carboxylic acids is 1. The molecule has 1 N–H and O–H groups in total. The second-order valence-corrected chi connectivity index (χ2v) is 10.5. The Kier molecular flexibility index (Phi) is 12.0. The summed E-state index contributed by atoms with van der Waals surface area (Å²) in [6.07, 6.45) is 3.85. The molecule has 0 unspecified atom stereocenters. The Hall–Kier alpha value is -2.92. The molecule has 1 aromatic heterocycles. The van der Waals surface area contributed by atoms with Crippen molar-refractivity contribution in [1.82, 2.24) is 5.32 Å². The van der Waals surface area contributed by atoms with Gasteiger partial charge in [-0.05, 0) is 83.5 Å². The van der Waals surface area contributed by atoms with Crippen LogP contribution in [0.15, 0.2) is 83.5 Å². The molecule has 0 aliphatic heterocycles. The van der Waals surface area contributed by atoms with Gasteiger partial charge in [-0.25, -0.2) is 0 Å². The molecule has 0 spiro atoms. The number of aryl methyl sites for hydroxylation is 1. The molecule has 6 nitrogen and oxygen atoms in total. The number of hydrogen-bond donors (Lipinski definition) is 1. The summed E-state index contributed by atoms with van der Waals surface area (Å²) in [5.41, 5.74) is 5.79. The van der Waals surface area contributed by atoms with Crippen LogP contribution in [0.2, 0.25) is 5.02 Å². The summed E-state index contributed by atoms with van der Waals surface area (Å²) in [5, 5.41) is 14.9. The average molecular weight is 570 g/mol. The van der Waals surface area contributed by atoms with Gasteiger partial charge in [0.15, 0.2) is 0 Å². The van der Waals surface area contributed by atoms with Crippen LogP contribution in [0.4, 0.5) is 0 Å². The van der Waals surface area contributed by atoms with E-state index in [0.717, 1.165) is 27.8 Å². The van der Waals surface area contributed by atoms with Gasteiger partial charge in [0.1, 0.15) is 12.4 Å². The third-order valence-electron chi connectivity index (χ3n) is 6.31. The van der Waals surface area contributed by atoms with Crippen LogP contribution >= 0.6 is 23.4 Å². The first-order valence-corrected chi connectivity index (χ1v) is 14.2. The van der Waals surface area contributed by atoms with Crippen molar-refractivity contribution < 1.29 is 42.7 Å². The van der Waals surface area contributed by atoms with E-state index >= 15 is 0 Å². The predicted octanol–water partition coefficient (Wildman–Crippen LogP) is 2.90. The monoisotopic (exact) mass is 569 g/mol. The maximum atomic E-state index is 13.2. The van der Waals surface area contributed by atoms with Crippen molar-refractivity contribution in [2.24, 2.45) is 0 Å². The number of amides is 1. The van der Waals surface area contributed by atoms with Gasteiger partial charge in [0, 0.05) is 16.1 Å². The number of thioether (sulfide) groups is 1. The third kappa shape index (κ3) is 8.29. The normalized spacial score (nSPS) is 11.5. The van der Waals surface area contributed by atoms with Crippen LogP contribution < -0.4 is 29.3 Å². The molecule has 202 valence electrons. The molecule has 0 bridgehead atoms. The number of ether oxygens (including phenoxy) is 1. The molecule has 4 aromatic rings. The smallest absolute Gasteiger partial charge is 0.548 e. The number of benzene rings is 3. The molecule has 1 heterocycles. The van der Waals surface area contributed by atoms with E-state index in [1.165, 1.54) is 11.8 Å². The Morgan fingerprint density at radius 1 is 1.00 bits per heavy atom. The second kappa shape index (κ2) is 15.2. The fraction of sp³-hybridized carbons (Fsp3) is 0.226. The quantitative estimate of drug-likeness (QED) is 0.264. The summed E-state index contributed by atoms with van der Waals surface area (Å²) in [6, 6.07) is 21.6. The molecule has 3 aromatic carbocycles. The van der Waals surface area contributed by atoms with Crippen LogP contribution in [-0.4, -0.2) is 29.9 Å². The van der Waals surface area contributed by atoms with Crippen LogP contribution in [0, 0.1) is 6.92 Å². The molecule has 1 amide bonds. The van der Waals surface area contributed by atoms with Crippen LogP contribution in [0.25, 0.3) is 22.3 Å².